The highest BCUT2D eigenvalue weighted by atomic mass is 16.5. The number of amides is 1. The van der Waals surface area contributed by atoms with Gasteiger partial charge < -0.3 is 20.1 Å². The molecule has 1 aliphatic carbocycles. The van der Waals surface area contributed by atoms with Crippen LogP contribution in [0.4, 0.5) is 4.79 Å². The average molecular weight is 425 g/mol. The van der Waals surface area contributed by atoms with Crippen LogP contribution in [0.1, 0.15) is 39.3 Å². The summed E-state index contributed by atoms with van der Waals surface area (Å²) in [5, 5.41) is 22.3. The second-order valence-electron chi connectivity index (χ2n) is 7.94. The highest BCUT2D eigenvalue weighted by Crippen LogP contribution is 2.44. The van der Waals surface area contributed by atoms with Crippen LogP contribution in [0, 0.1) is 26.2 Å². The van der Waals surface area contributed by atoms with Gasteiger partial charge >= 0.3 is 13.2 Å². The maximum atomic E-state index is 12.5. The lowest BCUT2D eigenvalue weighted by Crippen LogP contribution is -2.36. The largest absolute Gasteiger partial charge is 0.489 e. The number of ether oxygens (including phenoxy) is 1. The second-order valence-corrected chi connectivity index (χ2v) is 7.94. The molecule has 4 rings (SSSR count). The van der Waals surface area contributed by atoms with E-state index in [9.17, 15) is 14.8 Å². The zero-order valence-electron chi connectivity index (χ0n) is 18.1. The van der Waals surface area contributed by atoms with E-state index in [0.717, 1.165) is 11.1 Å². The predicted octanol–water partition coefficient (Wildman–Crippen LogP) is 3.00. The topological polar surface area (TPSA) is 78.8 Å². The van der Waals surface area contributed by atoms with Crippen molar-refractivity contribution in [2.45, 2.75) is 26.3 Å². The first-order chi connectivity index (χ1) is 15.4. The molecule has 3 aromatic carbocycles. The summed E-state index contributed by atoms with van der Waals surface area (Å²) in [6.07, 6.45) is 5.02. The summed E-state index contributed by atoms with van der Waals surface area (Å²) >= 11 is 0. The summed E-state index contributed by atoms with van der Waals surface area (Å²) in [6.45, 7) is 3.91. The molecule has 0 atom stereocenters. The fourth-order valence-electron chi connectivity index (χ4n) is 4.53. The molecule has 0 spiro atoms. The standard InChI is InChI=1S/C26H24BNO4/c1-4-18-13-19(17(3)25(16(18)2)27(30)31)14-28-26(29)32-15-24-22-11-7-5-9-20(22)21-10-6-8-12-23(21)24/h1,5-13,24,30-31H,14-15H2,2-3H3,(H,28,29). The molecule has 0 heterocycles. The van der Waals surface area contributed by atoms with Crippen LogP contribution in [0.25, 0.3) is 11.1 Å². The molecule has 0 fully saturated rings. The van der Waals surface area contributed by atoms with Gasteiger partial charge in [0.25, 0.3) is 0 Å². The maximum Gasteiger partial charge on any atom is 0.489 e. The predicted molar refractivity (Wildman–Crippen MR) is 126 cm³/mol. The van der Waals surface area contributed by atoms with Crippen LogP contribution in [0.2, 0.25) is 0 Å². The van der Waals surface area contributed by atoms with Gasteiger partial charge in [0.2, 0.25) is 0 Å². The third-order valence-corrected chi connectivity index (χ3v) is 6.19. The number of hydrogen-bond donors (Lipinski definition) is 3. The van der Waals surface area contributed by atoms with Crippen molar-refractivity contribution in [1.29, 1.82) is 0 Å². The number of rotatable bonds is 5. The fourth-order valence-corrected chi connectivity index (χ4v) is 4.53. The van der Waals surface area contributed by atoms with Gasteiger partial charge in [-0.25, -0.2) is 4.79 Å². The number of fused-ring (bicyclic) bond motifs is 3. The molecule has 0 saturated heterocycles. The zero-order valence-corrected chi connectivity index (χ0v) is 18.1. The molecule has 0 aliphatic heterocycles. The molecule has 0 saturated carbocycles. The molecule has 0 unspecified atom stereocenters. The van der Waals surface area contributed by atoms with E-state index in [0.29, 0.717) is 27.7 Å². The minimum absolute atomic E-state index is 0.0153. The lowest BCUT2D eigenvalue weighted by atomic mass is 9.72. The second kappa shape index (κ2) is 8.92. The lowest BCUT2D eigenvalue weighted by Gasteiger charge is -2.17. The van der Waals surface area contributed by atoms with Gasteiger partial charge in [0.05, 0.1) is 0 Å². The first-order valence-electron chi connectivity index (χ1n) is 10.5. The average Bonchev–Trinajstić information content (AvgIpc) is 3.11. The Morgan fingerprint density at radius 1 is 1.06 bits per heavy atom. The molecule has 0 bridgehead atoms. The molecule has 160 valence electrons. The Bertz CT molecular complexity index is 1180. The number of carbonyl (C=O) groups excluding carboxylic acids is 1. The Morgan fingerprint density at radius 2 is 1.66 bits per heavy atom. The van der Waals surface area contributed by atoms with Gasteiger partial charge in [-0.15, -0.1) is 6.42 Å². The van der Waals surface area contributed by atoms with Gasteiger partial charge in [0, 0.05) is 18.0 Å². The molecule has 0 radical (unpaired) electrons. The molecular formula is C26H24BNO4. The summed E-state index contributed by atoms with van der Waals surface area (Å²) in [5.41, 5.74) is 7.59. The first-order valence-corrected chi connectivity index (χ1v) is 10.5. The van der Waals surface area contributed by atoms with E-state index in [4.69, 9.17) is 11.2 Å². The summed E-state index contributed by atoms with van der Waals surface area (Å²) in [4.78, 5) is 12.5. The van der Waals surface area contributed by atoms with E-state index < -0.39 is 13.2 Å². The molecule has 1 aliphatic rings. The van der Waals surface area contributed by atoms with Crippen molar-refractivity contribution in [2.24, 2.45) is 0 Å². The molecule has 0 aromatic heterocycles. The van der Waals surface area contributed by atoms with E-state index >= 15 is 0 Å². The van der Waals surface area contributed by atoms with Crippen molar-refractivity contribution in [3.05, 3.63) is 88.0 Å². The number of terminal acetylenes is 1. The SMILES string of the molecule is C#Cc1cc(CNC(=O)OCC2c3ccccc3-c3ccccc32)c(C)c(B(O)O)c1C. The summed E-state index contributed by atoms with van der Waals surface area (Å²) in [5.74, 6) is 2.55. The maximum absolute atomic E-state index is 12.5. The third kappa shape index (κ3) is 3.89. The quantitative estimate of drug-likeness (QED) is 0.434. The van der Waals surface area contributed by atoms with Crippen LogP contribution in [0.5, 0.6) is 0 Å². The fraction of sp³-hybridized carbons (Fsp3) is 0.192. The number of benzene rings is 3. The van der Waals surface area contributed by atoms with Gasteiger partial charge in [-0.1, -0.05) is 54.5 Å². The van der Waals surface area contributed by atoms with E-state index in [1.165, 1.54) is 11.1 Å². The van der Waals surface area contributed by atoms with Gasteiger partial charge in [-0.3, -0.25) is 0 Å². The van der Waals surface area contributed by atoms with Crippen molar-refractivity contribution in [3.63, 3.8) is 0 Å². The smallest absolute Gasteiger partial charge is 0.449 e. The van der Waals surface area contributed by atoms with Gasteiger partial charge in [0.15, 0.2) is 0 Å². The van der Waals surface area contributed by atoms with Gasteiger partial charge in [-0.05, 0) is 64.3 Å². The Balaban J connectivity index is 1.46. The summed E-state index contributed by atoms with van der Waals surface area (Å²) in [7, 11) is -1.64. The lowest BCUT2D eigenvalue weighted by molar-refractivity contribution is 0.142. The van der Waals surface area contributed by atoms with Crippen LogP contribution < -0.4 is 10.8 Å². The van der Waals surface area contributed by atoms with E-state index in [-0.39, 0.29) is 19.1 Å². The monoisotopic (exact) mass is 425 g/mol. The Morgan fingerprint density at radius 3 is 2.22 bits per heavy atom. The van der Waals surface area contributed by atoms with Crippen molar-refractivity contribution < 1.29 is 19.6 Å². The minimum atomic E-state index is -1.64. The molecule has 32 heavy (non-hydrogen) atoms. The Labute approximate surface area is 188 Å². The summed E-state index contributed by atoms with van der Waals surface area (Å²) in [6, 6.07) is 18.1. The third-order valence-electron chi connectivity index (χ3n) is 6.19. The highest BCUT2D eigenvalue weighted by Gasteiger charge is 2.29. The number of alkyl carbamates (subject to hydrolysis) is 1. The first kappa shape index (κ1) is 21.7. The molecule has 3 N–H and O–H groups in total. The molecule has 1 amide bonds. The van der Waals surface area contributed by atoms with Crippen LogP contribution in [0.3, 0.4) is 0 Å². The van der Waals surface area contributed by atoms with E-state index in [2.05, 4.69) is 35.5 Å². The van der Waals surface area contributed by atoms with Crippen molar-refractivity contribution in [3.8, 4) is 23.5 Å². The van der Waals surface area contributed by atoms with Crippen molar-refractivity contribution in [1.82, 2.24) is 5.32 Å². The Kier molecular flexibility index (Phi) is 6.05. The van der Waals surface area contributed by atoms with Crippen LogP contribution in [-0.4, -0.2) is 29.9 Å². The molecule has 6 heteroatoms. The molecule has 5 nitrogen and oxygen atoms in total. The normalized spacial score (nSPS) is 12.0. The highest BCUT2D eigenvalue weighted by molar-refractivity contribution is 6.59. The van der Waals surface area contributed by atoms with Crippen LogP contribution in [-0.2, 0) is 11.3 Å². The minimum Gasteiger partial charge on any atom is -0.449 e. The summed E-state index contributed by atoms with van der Waals surface area (Å²) < 4.78 is 5.57. The molecular weight excluding hydrogens is 401 g/mol. The number of carbonyl (C=O) groups is 1. The molecule has 3 aromatic rings. The number of hydrogen-bond acceptors (Lipinski definition) is 4. The van der Waals surface area contributed by atoms with E-state index in [1.54, 1.807) is 19.9 Å². The van der Waals surface area contributed by atoms with Crippen LogP contribution in [0.15, 0.2) is 54.6 Å². The van der Waals surface area contributed by atoms with E-state index in [1.807, 2.05) is 24.3 Å². The zero-order chi connectivity index (χ0) is 22.8. The number of nitrogens with one attached hydrogen (secondary N) is 1. The van der Waals surface area contributed by atoms with Crippen LogP contribution >= 0.6 is 0 Å². The van der Waals surface area contributed by atoms with Gasteiger partial charge in [-0.2, -0.15) is 0 Å². The van der Waals surface area contributed by atoms with Gasteiger partial charge in [0.1, 0.15) is 6.61 Å². The van der Waals surface area contributed by atoms with Crippen molar-refractivity contribution in [2.75, 3.05) is 6.61 Å². The van der Waals surface area contributed by atoms with Crippen molar-refractivity contribution >= 4 is 18.7 Å². The Hall–Kier alpha value is -3.53.